The molecule has 1 aromatic carbocycles. The molecule has 190 valence electrons. The number of aromatic nitrogens is 5. The molecule has 0 atom stereocenters. The molecule has 5 aromatic rings. The summed E-state index contributed by atoms with van der Waals surface area (Å²) in [4.78, 5) is 21.5. The van der Waals surface area contributed by atoms with Crippen LogP contribution >= 0.6 is 0 Å². The van der Waals surface area contributed by atoms with Crippen molar-refractivity contribution in [2.45, 2.75) is 33.4 Å². The summed E-state index contributed by atoms with van der Waals surface area (Å²) in [6.45, 7) is 3.58. The Morgan fingerprint density at radius 2 is 1.97 bits per heavy atom. The highest BCUT2D eigenvalue weighted by Crippen LogP contribution is 2.30. The number of hydrogen-bond acceptors (Lipinski definition) is 6. The first kappa shape index (κ1) is 24.8. The van der Waals surface area contributed by atoms with E-state index in [1.807, 2.05) is 19.1 Å². The fourth-order valence-corrected chi connectivity index (χ4v) is 4.39. The van der Waals surface area contributed by atoms with Gasteiger partial charge in [0.1, 0.15) is 35.3 Å². The van der Waals surface area contributed by atoms with Crippen LogP contribution in [0.25, 0.3) is 16.6 Å². The van der Waals surface area contributed by atoms with E-state index in [9.17, 15) is 14.4 Å². The lowest BCUT2D eigenvalue weighted by molar-refractivity contribution is 0.300. The zero-order chi connectivity index (χ0) is 26.8. The fraction of sp³-hybridized carbons (Fsp3) is 0.179. The number of aryl methyl sites for hydroxylation is 2. The molecule has 0 aliphatic carbocycles. The summed E-state index contributed by atoms with van der Waals surface area (Å²) in [7, 11) is 0. The minimum Gasteiger partial charge on any atom is -0.486 e. The maximum absolute atomic E-state index is 15.1. The van der Waals surface area contributed by atoms with Crippen LogP contribution in [0.2, 0.25) is 0 Å². The summed E-state index contributed by atoms with van der Waals surface area (Å²) in [6, 6.07) is 12.0. The van der Waals surface area contributed by atoms with Gasteiger partial charge in [-0.05, 0) is 37.6 Å². The molecule has 0 saturated carbocycles. The number of benzene rings is 1. The van der Waals surface area contributed by atoms with Gasteiger partial charge in [-0.3, -0.25) is 9.78 Å². The maximum atomic E-state index is 15.1. The highest BCUT2D eigenvalue weighted by molar-refractivity contribution is 5.91. The van der Waals surface area contributed by atoms with Crippen LogP contribution in [-0.4, -0.2) is 24.3 Å². The topological polar surface area (TPSA) is 98.6 Å². The van der Waals surface area contributed by atoms with E-state index >= 15 is 4.39 Å². The Morgan fingerprint density at radius 3 is 2.71 bits per heavy atom. The summed E-state index contributed by atoms with van der Waals surface area (Å²) >= 11 is 0. The van der Waals surface area contributed by atoms with E-state index in [0.717, 1.165) is 12.4 Å². The monoisotopic (exact) mass is 512 g/mol. The molecule has 0 unspecified atom stereocenters. The first-order valence-electron chi connectivity index (χ1n) is 11.9. The van der Waals surface area contributed by atoms with Gasteiger partial charge < -0.3 is 9.30 Å². The van der Waals surface area contributed by atoms with Crippen molar-refractivity contribution in [2.75, 3.05) is 0 Å². The number of hydrogen-bond donors (Lipinski definition) is 0. The van der Waals surface area contributed by atoms with Crippen molar-refractivity contribution in [2.24, 2.45) is 0 Å². The molecule has 0 radical (unpaired) electrons. The van der Waals surface area contributed by atoms with Crippen molar-refractivity contribution in [1.29, 1.82) is 5.26 Å². The predicted molar refractivity (Wildman–Crippen MR) is 136 cm³/mol. The third-order valence-corrected chi connectivity index (χ3v) is 6.22. The lowest BCUT2D eigenvalue weighted by atomic mass is 10.0. The predicted octanol–water partition coefficient (Wildman–Crippen LogP) is 4.63. The van der Waals surface area contributed by atoms with Gasteiger partial charge in [0, 0.05) is 34.1 Å². The van der Waals surface area contributed by atoms with Crippen molar-refractivity contribution < 1.29 is 13.5 Å². The van der Waals surface area contributed by atoms with E-state index in [0.29, 0.717) is 45.7 Å². The molecule has 8 nitrogen and oxygen atoms in total. The molecule has 4 heterocycles. The molecule has 10 heteroatoms. The Kier molecular flexibility index (Phi) is 6.66. The van der Waals surface area contributed by atoms with E-state index in [-0.39, 0.29) is 24.3 Å². The van der Waals surface area contributed by atoms with Gasteiger partial charge in [-0.25, -0.2) is 18.4 Å². The quantitative estimate of drug-likeness (QED) is 0.316. The zero-order valence-corrected chi connectivity index (χ0v) is 20.7. The van der Waals surface area contributed by atoms with Crippen molar-refractivity contribution in [1.82, 2.24) is 24.3 Å². The molecule has 4 aromatic heterocycles. The second kappa shape index (κ2) is 10.2. The largest absolute Gasteiger partial charge is 0.486 e. The van der Waals surface area contributed by atoms with Gasteiger partial charge in [-0.2, -0.15) is 10.4 Å². The second-order valence-electron chi connectivity index (χ2n) is 8.66. The third-order valence-electron chi connectivity index (χ3n) is 6.22. The summed E-state index contributed by atoms with van der Waals surface area (Å²) < 4.78 is 37.7. The molecular weight excluding hydrogens is 490 g/mol. The van der Waals surface area contributed by atoms with Gasteiger partial charge in [0.15, 0.2) is 5.82 Å². The number of nitrogens with zero attached hydrogens (tertiary/aromatic N) is 6. The molecule has 0 saturated heterocycles. The molecule has 0 fully saturated rings. The average molecular weight is 513 g/mol. The van der Waals surface area contributed by atoms with Gasteiger partial charge in [0.05, 0.1) is 30.8 Å². The smallest absolute Gasteiger partial charge is 0.268 e. The molecule has 0 N–H and O–H groups in total. The SMILES string of the molecule is CCc1ncc(F)c(COc2cccc3c(-n4cc(F)cn4)cc(C)nc23)c1Cn1cccc(C#N)c1=O. The van der Waals surface area contributed by atoms with Crippen LogP contribution in [0.1, 0.15) is 35.0 Å². The van der Waals surface area contributed by atoms with Gasteiger partial charge in [0.2, 0.25) is 0 Å². The van der Waals surface area contributed by atoms with Crippen LogP contribution in [0.3, 0.4) is 0 Å². The molecule has 38 heavy (non-hydrogen) atoms. The highest BCUT2D eigenvalue weighted by Gasteiger charge is 2.18. The number of para-hydroxylation sites is 1. The Hall–Kier alpha value is -4.91. The average Bonchev–Trinajstić information content (AvgIpc) is 3.35. The Labute approximate surface area is 216 Å². The number of rotatable bonds is 7. The first-order valence-corrected chi connectivity index (χ1v) is 11.9. The Morgan fingerprint density at radius 1 is 1.13 bits per heavy atom. The van der Waals surface area contributed by atoms with Gasteiger partial charge in [0.25, 0.3) is 5.56 Å². The number of pyridine rings is 3. The van der Waals surface area contributed by atoms with E-state index in [4.69, 9.17) is 4.74 Å². The minimum atomic E-state index is -0.571. The van der Waals surface area contributed by atoms with E-state index in [2.05, 4.69) is 15.1 Å². The number of fused-ring (bicyclic) bond motifs is 1. The molecule has 0 spiro atoms. The summed E-state index contributed by atoms with van der Waals surface area (Å²) in [5.74, 6) is -0.630. The van der Waals surface area contributed by atoms with Crippen molar-refractivity contribution in [3.63, 3.8) is 0 Å². The minimum absolute atomic E-state index is 0.00206. The molecule has 0 aliphatic rings. The summed E-state index contributed by atoms with van der Waals surface area (Å²) in [5, 5.41) is 14.0. The van der Waals surface area contributed by atoms with E-state index in [1.54, 1.807) is 37.4 Å². The summed E-state index contributed by atoms with van der Waals surface area (Å²) in [5.41, 5.74) is 2.73. The third kappa shape index (κ3) is 4.62. The second-order valence-corrected chi connectivity index (χ2v) is 8.66. The molecule has 0 aliphatic heterocycles. The van der Waals surface area contributed by atoms with Crippen LogP contribution in [0.5, 0.6) is 5.75 Å². The Balaban J connectivity index is 1.55. The molecule has 5 rings (SSSR count). The van der Waals surface area contributed by atoms with Crippen LogP contribution < -0.4 is 10.3 Å². The van der Waals surface area contributed by atoms with Crippen LogP contribution in [-0.2, 0) is 19.6 Å². The molecular formula is C28H22F2N6O2. The lowest BCUT2D eigenvalue weighted by Crippen LogP contribution is -2.24. The van der Waals surface area contributed by atoms with E-state index < -0.39 is 17.2 Å². The lowest BCUT2D eigenvalue weighted by Gasteiger charge is -2.17. The normalized spacial score (nSPS) is 11.0. The zero-order valence-electron chi connectivity index (χ0n) is 20.7. The fourth-order valence-electron chi connectivity index (χ4n) is 4.39. The van der Waals surface area contributed by atoms with Gasteiger partial charge in [-0.15, -0.1) is 0 Å². The van der Waals surface area contributed by atoms with Gasteiger partial charge in [-0.1, -0.05) is 19.1 Å². The Bertz CT molecular complexity index is 1770. The number of nitriles is 1. The van der Waals surface area contributed by atoms with Crippen molar-refractivity contribution >= 4 is 10.9 Å². The van der Waals surface area contributed by atoms with Crippen LogP contribution in [0.4, 0.5) is 8.78 Å². The van der Waals surface area contributed by atoms with Crippen molar-refractivity contribution in [3.8, 4) is 17.5 Å². The van der Waals surface area contributed by atoms with Crippen LogP contribution in [0, 0.1) is 29.9 Å². The van der Waals surface area contributed by atoms with Gasteiger partial charge >= 0.3 is 0 Å². The maximum Gasteiger partial charge on any atom is 0.268 e. The van der Waals surface area contributed by atoms with Crippen molar-refractivity contribution in [3.05, 3.63) is 111 Å². The standard InChI is InChI=1S/C28H22F2N6O2/c1-3-24-21(15-35-9-5-6-18(11-31)28(35)37)22(23(30)13-32-24)16-38-26-8-4-7-20-25(10-17(2)34-27(20)26)36-14-19(29)12-33-36/h4-10,12-14H,3,15-16H2,1-2H3. The highest BCUT2D eigenvalue weighted by atomic mass is 19.1. The first-order chi connectivity index (χ1) is 18.4. The molecule has 0 bridgehead atoms. The summed E-state index contributed by atoms with van der Waals surface area (Å²) in [6.07, 6.45) is 5.60. The molecule has 0 amide bonds. The van der Waals surface area contributed by atoms with Crippen LogP contribution in [0.15, 0.2) is 66.0 Å². The number of ether oxygens (including phenoxy) is 1. The van der Waals surface area contributed by atoms with E-state index in [1.165, 1.54) is 21.5 Å². The number of halogens is 2.